The van der Waals surface area contributed by atoms with Gasteiger partial charge in [0.2, 0.25) is 0 Å². The Morgan fingerprint density at radius 3 is 2.54 bits per heavy atom. The first-order chi connectivity index (χ1) is 12.5. The minimum atomic E-state index is -1.03. The number of hydrogen-bond acceptors (Lipinski definition) is 5. The van der Waals surface area contributed by atoms with E-state index >= 15 is 0 Å². The molecule has 3 rings (SSSR count). The van der Waals surface area contributed by atoms with E-state index in [1.54, 1.807) is 0 Å². The SMILES string of the molecule is Cc1ccc(C)c(OCCOc2ccccc2-c2nc(C(=O)O)cs2)c1. The van der Waals surface area contributed by atoms with Crippen molar-refractivity contribution in [3.63, 3.8) is 0 Å². The van der Waals surface area contributed by atoms with E-state index in [1.807, 2.05) is 56.3 Å². The van der Waals surface area contributed by atoms with Crippen molar-refractivity contribution in [3.8, 4) is 22.1 Å². The molecule has 0 spiro atoms. The summed E-state index contributed by atoms with van der Waals surface area (Å²) in [5, 5.41) is 11.2. The van der Waals surface area contributed by atoms with Crippen LogP contribution < -0.4 is 9.47 Å². The standard InChI is InChI=1S/C20H19NO4S/c1-13-7-8-14(2)18(11-13)25-10-9-24-17-6-4-3-5-15(17)19-21-16(12-26-19)20(22)23/h3-8,11-12H,9-10H2,1-2H3,(H,22,23). The molecule has 26 heavy (non-hydrogen) atoms. The minimum absolute atomic E-state index is 0.0399. The molecule has 0 unspecified atom stereocenters. The van der Waals surface area contributed by atoms with Gasteiger partial charge in [-0.1, -0.05) is 24.3 Å². The zero-order valence-electron chi connectivity index (χ0n) is 14.6. The van der Waals surface area contributed by atoms with E-state index in [9.17, 15) is 4.79 Å². The summed E-state index contributed by atoms with van der Waals surface area (Å²) in [6.07, 6.45) is 0. The summed E-state index contributed by atoms with van der Waals surface area (Å²) >= 11 is 1.28. The molecule has 0 saturated heterocycles. The fourth-order valence-electron chi connectivity index (χ4n) is 2.43. The number of carboxylic acid groups (broad SMARTS) is 1. The Bertz CT molecular complexity index is 920. The predicted molar refractivity (Wildman–Crippen MR) is 101 cm³/mol. The summed E-state index contributed by atoms with van der Waals surface area (Å²) in [5.41, 5.74) is 3.05. The van der Waals surface area contributed by atoms with Gasteiger partial charge < -0.3 is 14.6 Å². The number of para-hydroxylation sites is 1. The first kappa shape index (κ1) is 17.9. The van der Waals surface area contributed by atoms with Crippen LogP contribution >= 0.6 is 11.3 Å². The number of thiazole rings is 1. The number of carbonyl (C=O) groups is 1. The third-order valence-electron chi connectivity index (χ3n) is 3.78. The first-order valence-electron chi connectivity index (χ1n) is 8.15. The Morgan fingerprint density at radius 1 is 1.08 bits per heavy atom. The first-order valence-corrected chi connectivity index (χ1v) is 9.03. The van der Waals surface area contributed by atoms with Gasteiger partial charge in [0.15, 0.2) is 5.69 Å². The van der Waals surface area contributed by atoms with Crippen molar-refractivity contribution >= 4 is 17.3 Å². The van der Waals surface area contributed by atoms with Crippen molar-refractivity contribution in [2.75, 3.05) is 13.2 Å². The van der Waals surface area contributed by atoms with Crippen molar-refractivity contribution in [1.82, 2.24) is 4.98 Å². The highest BCUT2D eigenvalue weighted by Gasteiger charge is 2.13. The smallest absolute Gasteiger partial charge is 0.355 e. The van der Waals surface area contributed by atoms with E-state index < -0.39 is 5.97 Å². The highest BCUT2D eigenvalue weighted by atomic mass is 32.1. The van der Waals surface area contributed by atoms with Crippen molar-refractivity contribution in [1.29, 1.82) is 0 Å². The van der Waals surface area contributed by atoms with Crippen LogP contribution in [0.2, 0.25) is 0 Å². The van der Waals surface area contributed by atoms with E-state index in [1.165, 1.54) is 16.7 Å². The molecule has 0 fully saturated rings. The molecule has 6 heteroatoms. The summed E-state index contributed by atoms with van der Waals surface area (Å²) in [4.78, 5) is 15.2. The average molecular weight is 369 g/mol. The van der Waals surface area contributed by atoms with Crippen LogP contribution in [0.25, 0.3) is 10.6 Å². The Labute approximate surface area is 155 Å². The van der Waals surface area contributed by atoms with Gasteiger partial charge in [0.1, 0.15) is 29.7 Å². The van der Waals surface area contributed by atoms with Crippen LogP contribution in [-0.4, -0.2) is 29.3 Å². The maximum absolute atomic E-state index is 11.0. The van der Waals surface area contributed by atoms with Gasteiger partial charge in [-0.15, -0.1) is 11.3 Å². The minimum Gasteiger partial charge on any atom is -0.490 e. The van der Waals surface area contributed by atoms with Crippen molar-refractivity contribution in [2.45, 2.75) is 13.8 Å². The molecule has 5 nitrogen and oxygen atoms in total. The van der Waals surface area contributed by atoms with Gasteiger partial charge in [-0.3, -0.25) is 0 Å². The van der Waals surface area contributed by atoms with Gasteiger partial charge in [-0.05, 0) is 43.2 Å². The maximum atomic E-state index is 11.0. The van der Waals surface area contributed by atoms with E-state index in [4.69, 9.17) is 14.6 Å². The third kappa shape index (κ3) is 4.21. The molecule has 1 heterocycles. The van der Waals surface area contributed by atoms with Gasteiger partial charge >= 0.3 is 5.97 Å². The maximum Gasteiger partial charge on any atom is 0.355 e. The quantitative estimate of drug-likeness (QED) is 0.617. The average Bonchev–Trinajstić information content (AvgIpc) is 3.12. The molecule has 1 N–H and O–H groups in total. The van der Waals surface area contributed by atoms with Crippen LogP contribution in [0.4, 0.5) is 0 Å². The second kappa shape index (κ2) is 8.01. The molecule has 0 amide bonds. The summed E-state index contributed by atoms with van der Waals surface area (Å²) < 4.78 is 11.7. The zero-order chi connectivity index (χ0) is 18.5. The summed E-state index contributed by atoms with van der Waals surface area (Å²) in [7, 11) is 0. The lowest BCUT2D eigenvalue weighted by Crippen LogP contribution is -2.10. The zero-order valence-corrected chi connectivity index (χ0v) is 15.4. The number of benzene rings is 2. The van der Waals surface area contributed by atoms with E-state index in [-0.39, 0.29) is 5.69 Å². The van der Waals surface area contributed by atoms with Crippen LogP contribution in [0.1, 0.15) is 21.6 Å². The molecule has 0 aliphatic heterocycles. The largest absolute Gasteiger partial charge is 0.490 e. The lowest BCUT2D eigenvalue weighted by Gasteiger charge is -2.12. The molecule has 0 saturated carbocycles. The molecule has 1 aromatic heterocycles. The number of aromatic carboxylic acids is 1. The second-order valence-corrected chi connectivity index (χ2v) is 6.66. The molecule has 0 atom stereocenters. The summed E-state index contributed by atoms with van der Waals surface area (Å²) in [6, 6.07) is 13.5. The molecule has 134 valence electrons. The highest BCUT2D eigenvalue weighted by molar-refractivity contribution is 7.13. The van der Waals surface area contributed by atoms with Crippen LogP contribution in [0.5, 0.6) is 11.5 Å². The van der Waals surface area contributed by atoms with Crippen molar-refractivity contribution in [3.05, 3.63) is 64.7 Å². The van der Waals surface area contributed by atoms with Crippen molar-refractivity contribution in [2.24, 2.45) is 0 Å². The molecule has 0 aliphatic rings. The molecular weight excluding hydrogens is 350 g/mol. The number of ether oxygens (including phenoxy) is 2. The number of rotatable bonds is 7. The normalized spacial score (nSPS) is 10.5. The Balaban J connectivity index is 1.65. The van der Waals surface area contributed by atoms with Gasteiger partial charge in [0.05, 0.1) is 5.56 Å². The van der Waals surface area contributed by atoms with Gasteiger partial charge in [0, 0.05) is 5.38 Å². The van der Waals surface area contributed by atoms with E-state index in [2.05, 4.69) is 4.98 Å². The molecule has 0 aliphatic carbocycles. The van der Waals surface area contributed by atoms with E-state index in [0.717, 1.165) is 22.4 Å². The third-order valence-corrected chi connectivity index (χ3v) is 4.66. The van der Waals surface area contributed by atoms with Crippen LogP contribution in [0.15, 0.2) is 47.8 Å². The number of carboxylic acids is 1. The molecule has 3 aromatic rings. The summed E-state index contributed by atoms with van der Waals surface area (Å²) in [5.74, 6) is 0.476. The van der Waals surface area contributed by atoms with Crippen LogP contribution in [-0.2, 0) is 0 Å². The molecular formula is C20H19NO4S. The van der Waals surface area contributed by atoms with Gasteiger partial charge in [0.25, 0.3) is 0 Å². The fraction of sp³-hybridized carbons (Fsp3) is 0.200. The highest BCUT2D eigenvalue weighted by Crippen LogP contribution is 2.32. The Kier molecular flexibility index (Phi) is 5.53. The lowest BCUT2D eigenvalue weighted by molar-refractivity contribution is 0.0691. The van der Waals surface area contributed by atoms with Crippen LogP contribution in [0.3, 0.4) is 0 Å². The molecule has 2 aromatic carbocycles. The number of aryl methyl sites for hydroxylation is 2. The fourth-order valence-corrected chi connectivity index (χ4v) is 3.25. The predicted octanol–water partition coefficient (Wildman–Crippen LogP) is 4.58. The number of nitrogens with zero attached hydrogens (tertiary/aromatic N) is 1. The van der Waals surface area contributed by atoms with Gasteiger partial charge in [-0.25, -0.2) is 9.78 Å². The second-order valence-electron chi connectivity index (χ2n) is 5.81. The number of aromatic nitrogens is 1. The number of hydrogen-bond donors (Lipinski definition) is 1. The Morgan fingerprint density at radius 2 is 1.81 bits per heavy atom. The topological polar surface area (TPSA) is 68.7 Å². The summed E-state index contributed by atoms with van der Waals surface area (Å²) in [6.45, 7) is 4.82. The van der Waals surface area contributed by atoms with E-state index in [0.29, 0.717) is 24.0 Å². The molecule has 0 bridgehead atoms. The van der Waals surface area contributed by atoms with Gasteiger partial charge in [-0.2, -0.15) is 0 Å². The Hall–Kier alpha value is -2.86. The molecule has 0 radical (unpaired) electrons. The monoisotopic (exact) mass is 369 g/mol. The van der Waals surface area contributed by atoms with Crippen LogP contribution in [0, 0.1) is 13.8 Å². The lowest BCUT2D eigenvalue weighted by atomic mass is 10.1. The van der Waals surface area contributed by atoms with Crippen molar-refractivity contribution < 1.29 is 19.4 Å².